The smallest absolute Gasteiger partial charge is 0.269 e. The van der Waals surface area contributed by atoms with Gasteiger partial charge in [0.25, 0.3) is 11.6 Å². The topological polar surface area (TPSA) is 119 Å². The first-order valence-corrected chi connectivity index (χ1v) is 9.91. The van der Waals surface area contributed by atoms with Crippen LogP contribution >= 0.6 is 11.8 Å². The average molecular weight is 425 g/mol. The normalized spacial score (nSPS) is 10.5. The Hall–Kier alpha value is -3.66. The van der Waals surface area contributed by atoms with Gasteiger partial charge in [-0.2, -0.15) is 0 Å². The number of aryl methyl sites for hydroxylation is 1. The molecule has 0 atom stereocenters. The lowest BCUT2D eigenvalue weighted by atomic mass is 10.1. The molecule has 0 aliphatic carbocycles. The molecule has 10 heteroatoms. The number of aromatic nitrogens is 2. The minimum Gasteiger partial charge on any atom is -0.295 e. The average Bonchev–Trinajstić information content (AvgIpc) is 3.21. The highest BCUT2D eigenvalue weighted by Crippen LogP contribution is 2.24. The largest absolute Gasteiger partial charge is 0.295 e. The fourth-order valence-electron chi connectivity index (χ4n) is 2.68. The van der Waals surface area contributed by atoms with Gasteiger partial charge in [0.05, 0.1) is 16.4 Å². The fraction of sp³-hybridized carbons (Fsp3) is 0.150. The maximum atomic E-state index is 12.1. The number of hydrogen-bond acceptors (Lipinski definition) is 6. The van der Waals surface area contributed by atoms with Crippen LogP contribution in [0.25, 0.3) is 5.69 Å². The Morgan fingerprint density at radius 1 is 1.13 bits per heavy atom. The molecule has 0 spiro atoms. The van der Waals surface area contributed by atoms with E-state index < -0.39 is 16.7 Å². The van der Waals surface area contributed by atoms with E-state index in [9.17, 15) is 19.7 Å². The third-order valence-electron chi connectivity index (χ3n) is 4.43. The van der Waals surface area contributed by atoms with Crippen molar-refractivity contribution in [1.29, 1.82) is 0 Å². The molecule has 3 rings (SSSR count). The third-order valence-corrected chi connectivity index (χ3v) is 5.40. The van der Waals surface area contributed by atoms with Gasteiger partial charge in [-0.3, -0.25) is 35.1 Å². The van der Waals surface area contributed by atoms with Crippen molar-refractivity contribution in [2.45, 2.75) is 19.0 Å². The third kappa shape index (κ3) is 4.84. The molecule has 0 aliphatic rings. The molecule has 0 radical (unpaired) electrons. The minimum absolute atomic E-state index is 0.0441. The lowest BCUT2D eigenvalue weighted by Crippen LogP contribution is -2.42. The molecular formula is C20H19N5O4S. The van der Waals surface area contributed by atoms with E-state index in [0.717, 1.165) is 16.8 Å². The van der Waals surface area contributed by atoms with Crippen molar-refractivity contribution in [3.05, 3.63) is 81.7 Å². The van der Waals surface area contributed by atoms with E-state index in [2.05, 4.69) is 15.8 Å². The van der Waals surface area contributed by atoms with Gasteiger partial charge in [0.15, 0.2) is 5.16 Å². The maximum Gasteiger partial charge on any atom is 0.269 e. The molecule has 0 saturated carbocycles. The summed E-state index contributed by atoms with van der Waals surface area (Å²) in [6.45, 7) is 4.06. The minimum atomic E-state index is -0.569. The van der Waals surface area contributed by atoms with E-state index in [0.29, 0.717) is 5.16 Å². The van der Waals surface area contributed by atoms with Gasteiger partial charge < -0.3 is 0 Å². The highest BCUT2D eigenvalue weighted by atomic mass is 32.2. The number of nitro groups is 1. The van der Waals surface area contributed by atoms with E-state index in [1.54, 1.807) is 6.20 Å². The first-order chi connectivity index (χ1) is 14.4. The number of carbonyl (C=O) groups is 2. The molecular weight excluding hydrogens is 406 g/mol. The van der Waals surface area contributed by atoms with Gasteiger partial charge in [0.2, 0.25) is 5.91 Å². The van der Waals surface area contributed by atoms with Crippen molar-refractivity contribution in [1.82, 2.24) is 20.4 Å². The predicted molar refractivity (Wildman–Crippen MR) is 112 cm³/mol. The van der Waals surface area contributed by atoms with Crippen LogP contribution in [-0.2, 0) is 4.79 Å². The molecule has 2 N–H and O–H groups in total. The summed E-state index contributed by atoms with van der Waals surface area (Å²) in [5, 5.41) is 11.3. The first-order valence-electron chi connectivity index (χ1n) is 8.93. The number of hydrazine groups is 1. The summed E-state index contributed by atoms with van der Waals surface area (Å²) in [5.41, 5.74) is 7.96. The zero-order valence-electron chi connectivity index (χ0n) is 16.3. The Bertz CT molecular complexity index is 1090. The summed E-state index contributed by atoms with van der Waals surface area (Å²) in [5.74, 6) is -0.937. The van der Waals surface area contributed by atoms with Gasteiger partial charge in [0.1, 0.15) is 0 Å². The molecule has 0 bridgehead atoms. The zero-order valence-corrected chi connectivity index (χ0v) is 17.1. The van der Waals surface area contributed by atoms with Crippen molar-refractivity contribution in [2.24, 2.45) is 0 Å². The van der Waals surface area contributed by atoms with Crippen molar-refractivity contribution in [3.8, 4) is 5.69 Å². The molecule has 154 valence electrons. The van der Waals surface area contributed by atoms with Gasteiger partial charge in [-0.05, 0) is 43.2 Å². The van der Waals surface area contributed by atoms with Gasteiger partial charge in [-0.1, -0.05) is 23.9 Å². The summed E-state index contributed by atoms with van der Waals surface area (Å²) in [4.78, 5) is 38.6. The van der Waals surface area contributed by atoms with E-state index in [1.807, 2.05) is 42.8 Å². The quantitative estimate of drug-likeness (QED) is 0.356. The number of amides is 2. The Labute approximate surface area is 176 Å². The van der Waals surface area contributed by atoms with E-state index in [-0.39, 0.29) is 17.0 Å². The second kappa shape index (κ2) is 9.23. The Kier molecular flexibility index (Phi) is 6.48. The lowest BCUT2D eigenvalue weighted by molar-refractivity contribution is -0.384. The molecule has 0 fully saturated rings. The molecule has 0 aliphatic heterocycles. The van der Waals surface area contributed by atoms with Crippen molar-refractivity contribution < 1.29 is 14.5 Å². The van der Waals surface area contributed by atoms with Crippen LogP contribution in [0.15, 0.2) is 60.0 Å². The Morgan fingerprint density at radius 3 is 2.57 bits per heavy atom. The van der Waals surface area contributed by atoms with E-state index >= 15 is 0 Å². The number of nitrogens with zero attached hydrogens (tertiary/aromatic N) is 3. The number of thioether (sulfide) groups is 1. The number of rotatable bonds is 6. The van der Waals surface area contributed by atoms with Crippen LogP contribution in [0, 0.1) is 24.0 Å². The fourth-order valence-corrected chi connectivity index (χ4v) is 3.44. The summed E-state index contributed by atoms with van der Waals surface area (Å²) >= 11 is 1.24. The van der Waals surface area contributed by atoms with Crippen molar-refractivity contribution >= 4 is 29.3 Å². The number of carbonyl (C=O) groups excluding carboxylic acids is 2. The van der Waals surface area contributed by atoms with E-state index in [4.69, 9.17) is 0 Å². The lowest BCUT2D eigenvalue weighted by Gasteiger charge is -2.12. The second-order valence-electron chi connectivity index (χ2n) is 6.39. The molecule has 3 aromatic rings. The molecule has 0 saturated heterocycles. The molecule has 2 amide bonds. The SMILES string of the molecule is Cc1cccc(-n2ccnc2SCC(=O)NNC(=O)c2ccc([N+](=O)[O-])cc2)c1C. The number of nitro benzene ring substituents is 1. The van der Waals surface area contributed by atoms with Gasteiger partial charge in [0, 0.05) is 30.1 Å². The van der Waals surface area contributed by atoms with Crippen molar-refractivity contribution in [3.63, 3.8) is 0 Å². The number of nitrogens with one attached hydrogen (secondary N) is 2. The van der Waals surface area contributed by atoms with E-state index in [1.165, 1.54) is 36.0 Å². The summed E-state index contributed by atoms with van der Waals surface area (Å²) < 4.78 is 1.91. The molecule has 9 nitrogen and oxygen atoms in total. The number of imidazole rings is 1. The second-order valence-corrected chi connectivity index (χ2v) is 7.34. The monoisotopic (exact) mass is 425 g/mol. The van der Waals surface area contributed by atoms with Crippen LogP contribution in [0.4, 0.5) is 5.69 Å². The van der Waals surface area contributed by atoms with Crippen molar-refractivity contribution in [2.75, 3.05) is 5.75 Å². The van der Waals surface area contributed by atoms with Crippen LogP contribution in [0.1, 0.15) is 21.5 Å². The highest BCUT2D eigenvalue weighted by molar-refractivity contribution is 7.99. The van der Waals surface area contributed by atoms with Gasteiger partial charge in [-0.15, -0.1) is 0 Å². The standard InChI is InChI=1S/C20H19N5O4S/c1-13-4-3-5-17(14(13)2)24-11-10-21-20(24)30-12-18(26)22-23-19(27)15-6-8-16(9-7-15)25(28)29/h3-11H,12H2,1-2H3,(H,22,26)(H,23,27). The van der Waals surface area contributed by atoms with Crippen LogP contribution in [0.2, 0.25) is 0 Å². The highest BCUT2D eigenvalue weighted by Gasteiger charge is 2.13. The summed E-state index contributed by atoms with van der Waals surface area (Å²) in [6, 6.07) is 11.1. The Balaban J connectivity index is 1.56. The molecule has 0 unspecified atom stereocenters. The maximum absolute atomic E-state index is 12.1. The molecule has 2 aromatic carbocycles. The number of hydrogen-bond donors (Lipinski definition) is 2. The Morgan fingerprint density at radius 2 is 1.87 bits per heavy atom. The summed E-state index contributed by atoms with van der Waals surface area (Å²) in [7, 11) is 0. The number of benzene rings is 2. The number of non-ortho nitro benzene ring substituents is 1. The van der Waals surface area contributed by atoms with Gasteiger partial charge >= 0.3 is 0 Å². The van der Waals surface area contributed by atoms with Crippen LogP contribution in [-0.4, -0.2) is 32.0 Å². The summed E-state index contributed by atoms with van der Waals surface area (Å²) in [6.07, 6.45) is 3.50. The molecule has 30 heavy (non-hydrogen) atoms. The van der Waals surface area contributed by atoms with Crippen LogP contribution in [0.3, 0.4) is 0 Å². The zero-order chi connectivity index (χ0) is 21.7. The van der Waals surface area contributed by atoms with Crippen LogP contribution in [0.5, 0.6) is 0 Å². The predicted octanol–water partition coefficient (Wildman–Crippen LogP) is 2.95. The molecule has 1 aromatic heterocycles. The van der Waals surface area contributed by atoms with Gasteiger partial charge in [-0.25, -0.2) is 4.98 Å². The molecule has 1 heterocycles. The van der Waals surface area contributed by atoms with Crippen LogP contribution < -0.4 is 10.9 Å². The first kappa shape index (κ1) is 21.1.